The van der Waals surface area contributed by atoms with E-state index >= 15 is 0 Å². The minimum Gasteiger partial charge on any atom is -0.427 e. The van der Waals surface area contributed by atoms with Crippen molar-refractivity contribution in [2.75, 3.05) is 0 Å². The Labute approximate surface area is 107 Å². The molecule has 4 nitrogen and oxygen atoms in total. The van der Waals surface area contributed by atoms with Crippen LogP contribution in [0.2, 0.25) is 0 Å². The topological polar surface area (TPSA) is 55.2 Å². The molecule has 0 saturated carbocycles. The first-order valence-corrected chi connectivity index (χ1v) is 5.73. The highest BCUT2D eigenvalue weighted by atomic mass is 19.1. The van der Waals surface area contributed by atoms with E-state index in [0.29, 0.717) is 13.0 Å². The third kappa shape index (κ3) is 4.20. The molecule has 18 heavy (non-hydrogen) atoms. The molecule has 0 saturated heterocycles. The van der Waals surface area contributed by atoms with Crippen LogP contribution in [0.15, 0.2) is 18.4 Å². The Kier molecular flexibility index (Phi) is 4.59. The van der Waals surface area contributed by atoms with E-state index in [1.165, 1.54) is 12.4 Å². The molecule has 0 aliphatic heterocycles. The number of aromatic nitrogens is 2. The second kappa shape index (κ2) is 5.58. The molecule has 0 aromatic carbocycles. The lowest BCUT2D eigenvalue weighted by molar-refractivity contribution is -0.0894. The van der Waals surface area contributed by atoms with Crippen LogP contribution in [0.5, 0.6) is 0 Å². The van der Waals surface area contributed by atoms with Crippen molar-refractivity contribution in [1.29, 1.82) is 0 Å². The average Bonchev–Trinajstić information content (AvgIpc) is 2.25. The first kappa shape index (κ1) is 14.8. The predicted molar refractivity (Wildman–Crippen MR) is 69.6 cm³/mol. The summed E-state index contributed by atoms with van der Waals surface area (Å²) in [6, 6.07) is 0. The second-order valence-corrected chi connectivity index (χ2v) is 5.07. The van der Waals surface area contributed by atoms with E-state index < -0.39 is 17.3 Å². The van der Waals surface area contributed by atoms with Crippen LogP contribution in [0.4, 0.5) is 4.39 Å². The van der Waals surface area contributed by atoms with Gasteiger partial charge in [-0.1, -0.05) is 12.1 Å². The first-order chi connectivity index (χ1) is 8.22. The van der Waals surface area contributed by atoms with Crippen molar-refractivity contribution in [1.82, 2.24) is 9.97 Å². The molecular weight excluding hydrogens is 234 g/mol. The molecule has 0 spiro atoms. The summed E-state index contributed by atoms with van der Waals surface area (Å²) in [6.45, 7) is 7.04. The van der Waals surface area contributed by atoms with Gasteiger partial charge in [0.15, 0.2) is 0 Å². The number of hydrogen-bond donors (Lipinski definition) is 1. The van der Waals surface area contributed by atoms with Gasteiger partial charge in [0, 0.05) is 18.0 Å². The maximum atomic E-state index is 12.5. The van der Waals surface area contributed by atoms with Crippen LogP contribution >= 0.6 is 0 Å². The van der Waals surface area contributed by atoms with Crippen molar-refractivity contribution >= 4 is 13.6 Å². The standard InChI is InChI=1S/C12H18BFN2O2/c1-11(2,17)12(3,4)18-13-6-5-9-7-15-10(14)16-8-9/h5-8,13,17H,1-4H3/b6-5+. The molecule has 1 heterocycles. The molecule has 98 valence electrons. The van der Waals surface area contributed by atoms with E-state index in [0.717, 1.165) is 0 Å². The summed E-state index contributed by atoms with van der Waals surface area (Å²) in [5.41, 5.74) is -0.891. The summed E-state index contributed by atoms with van der Waals surface area (Å²) in [5, 5.41) is 9.88. The van der Waals surface area contributed by atoms with Gasteiger partial charge in [0.25, 0.3) is 0 Å². The lowest BCUT2D eigenvalue weighted by Gasteiger charge is -2.37. The summed E-state index contributed by atoms with van der Waals surface area (Å²) >= 11 is 0. The Balaban J connectivity index is 2.49. The number of hydrogen-bond acceptors (Lipinski definition) is 4. The van der Waals surface area contributed by atoms with Crippen molar-refractivity contribution in [3.05, 3.63) is 30.0 Å². The smallest absolute Gasteiger partial charge is 0.308 e. The molecule has 0 radical (unpaired) electrons. The van der Waals surface area contributed by atoms with Crippen molar-refractivity contribution in [3.8, 4) is 0 Å². The summed E-state index contributed by atoms with van der Waals surface area (Å²) < 4.78 is 18.1. The van der Waals surface area contributed by atoms with Crippen LogP contribution in [0.1, 0.15) is 33.3 Å². The van der Waals surface area contributed by atoms with Gasteiger partial charge in [0.05, 0.1) is 11.2 Å². The molecule has 6 heteroatoms. The first-order valence-electron chi connectivity index (χ1n) is 5.73. The van der Waals surface area contributed by atoms with Gasteiger partial charge in [-0.3, -0.25) is 0 Å². The molecule has 1 N–H and O–H groups in total. The zero-order valence-electron chi connectivity index (χ0n) is 11.1. The molecule has 0 unspecified atom stereocenters. The van der Waals surface area contributed by atoms with Crippen LogP contribution < -0.4 is 0 Å². The molecule has 1 aromatic rings. The Hall–Kier alpha value is -1.27. The van der Waals surface area contributed by atoms with Crippen molar-refractivity contribution in [2.45, 2.75) is 38.9 Å². The summed E-state index contributed by atoms with van der Waals surface area (Å²) in [4.78, 5) is 6.87. The van der Waals surface area contributed by atoms with E-state index in [-0.39, 0.29) is 0 Å². The van der Waals surface area contributed by atoms with Gasteiger partial charge >= 0.3 is 13.6 Å². The van der Waals surface area contributed by atoms with Crippen LogP contribution in [0.3, 0.4) is 0 Å². The predicted octanol–water partition coefficient (Wildman–Crippen LogP) is 1.50. The van der Waals surface area contributed by atoms with Gasteiger partial charge in [-0.2, -0.15) is 4.39 Å². The van der Waals surface area contributed by atoms with Gasteiger partial charge < -0.3 is 9.76 Å². The molecule has 1 rings (SSSR count). The minimum absolute atomic E-state index is 0.342. The van der Waals surface area contributed by atoms with E-state index in [2.05, 4.69) is 9.97 Å². The Morgan fingerprint density at radius 2 is 1.83 bits per heavy atom. The molecule has 0 aliphatic carbocycles. The number of halogens is 1. The largest absolute Gasteiger partial charge is 0.427 e. The normalized spacial score (nSPS) is 13.0. The summed E-state index contributed by atoms with van der Waals surface area (Å²) in [5.74, 6) is 1.77. The average molecular weight is 252 g/mol. The van der Waals surface area contributed by atoms with Gasteiger partial charge in [-0.05, 0) is 27.7 Å². The third-order valence-corrected chi connectivity index (χ3v) is 2.96. The van der Waals surface area contributed by atoms with Crippen LogP contribution in [-0.4, -0.2) is 33.8 Å². The maximum Gasteiger partial charge on any atom is 0.308 e. The fourth-order valence-electron chi connectivity index (χ4n) is 1.03. The number of rotatable bonds is 5. The zero-order valence-corrected chi connectivity index (χ0v) is 11.1. The Morgan fingerprint density at radius 1 is 1.28 bits per heavy atom. The lowest BCUT2D eigenvalue weighted by atomic mass is 9.86. The molecule has 1 aromatic heterocycles. The van der Waals surface area contributed by atoms with E-state index in [1.807, 2.05) is 13.8 Å². The van der Waals surface area contributed by atoms with Gasteiger partial charge in [-0.15, -0.1) is 0 Å². The Bertz CT molecular complexity index is 413. The fraction of sp³-hybridized carbons (Fsp3) is 0.500. The van der Waals surface area contributed by atoms with E-state index in [1.54, 1.807) is 25.9 Å². The SMILES string of the molecule is CC(C)(O)C(C)(C)OB/C=C/c1cnc(F)nc1. The fourth-order valence-corrected chi connectivity index (χ4v) is 1.03. The van der Waals surface area contributed by atoms with Crippen LogP contribution in [-0.2, 0) is 4.65 Å². The van der Waals surface area contributed by atoms with Crippen molar-refractivity contribution in [3.63, 3.8) is 0 Å². The highest BCUT2D eigenvalue weighted by Gasteiger charge is 2.35. The molecule has 0 fully saturated rings. The van der Waals surface area contributed by atoms with E-state index in [9.17, 15) is 9.50 Å². The van der Waals surface area contributed by atoms with Gasteiger partial charge in [0.1, 0.15) is 0 Å². The molecule has 0 bridgehead atoms. The quantitative estimate of drug-likeness (QED) is 0.637. The highest BCUT2D eigenvalue weighted by molar-refractivity contribution is 6.35. The Morgan fingerprint density at radius 3 is 2.33 bits per heavy atom. The number of aliphatic hydroxyl groups is 1. The summed E-state index contributed by atoms with van der Waals surface area (Å²) in [6.07, 6.45) is 3.77. The van der Waals surface area contributed by atoms with Crippen molar-refractivity contribution in [2.24, 2.45) is 0 Å². The highest BCUT2D eigenvalue weighted by Crippen LogP contribution is 2.24. The lowest BCUT2D eigenvalue weighted by Crippen LogP contribution is -2.47. The molecule has 0 aliphatic rings. The number of nitrogens with zero attached hydrogens (tertiary/aromatic N) is 2. The maximum absolute atomic E-state index is 12.5. The van der Waals surface area contributed by atoms with E-state index in [4.69, 9.17) is 4.65 Å². The van der Waals surface area contributed by atoms with Crippen LogP contribution in [0.25, 0.3) is 6.08 Å². The molecular formula is C12H18BFN2O2. The summed E-state index contributed by atoms with van der Waals surface area (Å²) in [7, 11) is 0.342. The second-order valence-electron chi connectivity index (χ2n) is 5.07. The zero-order chi connectivity index (χ0) is 13.8. The third-order valence-electron chi connectivity index (χ3n) is 2.96. The molecule has 0 atom stereocenters. The van der Waals surface area contributed by atoms with Crippen molar-refractivity contribution < 1.29 is 14.2 Å². The van der Waals surface area contributed by atoms with Gasteiger partial charge in [-0.25, -0.2) is 9.97 Å². The van der Waals surface area contributed by atoms with Crippen LogP contribution in [0, 0.1) is 6.08 Å². The molecule has 0 amide bonds. The minimum atomic E-state index is -0.931. The monoisotopic (exact) mass is 252 g/mol. The van der Waals surface area contributed by atoms with Gasteiger partial charge in [0.2, 0.25) is 0 Å².